The molecule has 2 aromatic rings. The molecule has 0 aliphatic rings. The fourth-order valence-electron chi connectivity index (χ4n) is 2.06. The van der Waals surface area contributed by atoms with Crippen LogP contribution in [-0.2, 0) is 6.61 Å². The van der Waals surface area contributed by atoms with Crippen LogP contribution in [0, 0.1) is 19.7 Å². The highest BCUT2D eigenvalue weighted by Crippen LogP contribution is 2.28. The molecule has 0 heterocycles. The zero-order valence-electron chi connectivity index (χ0n) is 11.8. The van der Waals surface area contributed by atoms with E-state index in [4.69, 9.17) is 4.74 Å². The van der Waals surface area contributed by atoms with Crippen LogP contribution in [0.5, 0.6) is 5.75 Å². The molecule has 0 amide bonds. The van der Waals surface area contributed by atoms with Crippen LogP contribution in [0.15, 0.2) is 34.8 Å². The Hall–Kier alpha value is -1.55. The first kappa shape index (κ1) is 14.9. The molecule has 0 bridgehead atoms. The molecule has 0 unspecified atom stereocenters. The lowest BCUT2D eigenvalue weighted by Crippen LogP contribution is -2.04. The highest BCUT2D eigenvalue weighted by molar-refractivity contribution is 9.10. The Kier molecular flexibility index (Phi) is 4.65. The fourth-order valence-corrected chi connectivity index (χ4v) is 2.52. The van der Waals surface area contributed by atoms with Gasteiger partial charge in [0.15, 0.2) is 0 Å². The summed E-state index contributed by atoms with van der Waals surface area (Å²) in [7, 11) is 1.88. The molecule has 0 atom stereocenters. The lowest BCUT2D eigenvalue weighted by Gasteiger charge is -2.15. The normalized spacial score (nSPS) is 10.4. The number of halogens is 2. The van der Waals surface area contributed by atoms with Gasteiger partial charge in [0.05, 0.1) is 4.47 Å². The van der Waals surface area contributed by atoms with Crippen LogP contribution in [-0.4, -0.2) is 7.05 Å². The number of benzene rings is 2. The van der Waals surface area contributed by atoms with Crippen molar-refractivity contribution in [3.8, 4) is 5.75 Å². The van der Waals surface area contributed by atoms with Gasteiger partial charge >= 0.3 is 0 Å². The Balaban J connectivity index is 2.23. The lowest BCUT2D eigenvalue weighted by atomic mass is 10.1. The molecule has 2 nitrogen and oxygen atoms in total. The van der Waals surface area contributed by atoms with Crippen molar-refractivity contribution in [1.29, 1.82) is 0 Å². The van der Waals surface area contributed by atoms with Crippen LogP contribution in [0.1, 0.15) is 16.7 Å². The summed E-state index contributed by atoms with van der Waals surface area (Å²) < 4.78 is 19.8. The first-order valence-electron chi connectivity index (χ1n) is 6.37. The van der Waals surface area contributed by atoms with Crippen LogP contribution < -0.4 is 10.1 Å². The molecule has 0 aliphatic carbocycles. The summed E-state index contributed by atoms with van der Waals surface area (Å²) in [6.07, 6.45) is 0. The molecular formula is C16H17BrFNO. The first-order valence-corrected chi connectivity index (χ1v) is 7.17. The van der Waals surface area contributed by atoms with E-state index in [9.17, 15) is 4.39 Å². The third-order valence-corrected chi connectivity index (χ3v) is 3.88. The van der Waals surface area contributed by atoms with Gasteiger partial charge in [-0.1, -0.05) is 12.1 Å². The van der Waals surface area contributed by atoms with Crippen molar-refractivity contribution in [2.24, 2.45) is 0 Å². The van der Waals surface area contributed by atoms with Gasteiger partial charge < -0.3 is 10.1 Å². The maximum atomic E-state index is 13.6. The smallest absolute Gasteiger partial charge is 0.141 e. The molecule has 20 heavy (non-hydrogen) atoms. The summed E-state index contributed by atoms with van der Waals surface area (Å²) >= 11 is 3.17. The molecule has 0 spiro atoms. The maximum absolute atomic E-state index is 13.6. The van der Waals surface area contributed by atoms with Gasteiger partial charge in [-0.3, -0.25) is 0 Å². The Morgan fingerprint density at radius 3 is 2.65 bits per heavy atom. The fraction of sp³-hybridized carbons (Fsp3) is 0.250. The zero-order chi connectivity index (χ0) is 14.7. The Bertz CT molecular complexity index is 628. The van der Waals surface area contributed by atoms with Crippen LogP contribution >= 0.6 is 15.9 Å². The quantitative estimate of drug-likeness (QED) is 0.862. The summed E-state index contributed by atoms with van der Waals surface area (Å²) in [5.41, 5.74) is 4.16. The SMILES string of the molecule is CNc1cccc(C)c1COc1cc(F)c(Br)cc1C. The van der Waals surface area contributed by atoms with Crippen LogP contribution in [0.25, 0.3) is 0 Å². The molecule has 1 N–H and O–H groups in total. The summed E-state index contributed by atoms with van der Waals surface area (Å²) in [5.74, 6) is 0.250. The monoisotopic (exact) mass is 337 g/mol. The molecule has 2 aromatic carbocycles. The van der Waals surface area contributed by atoms with Crippen molar-refractivity contribution in [3.05, 3.63) is 57.3 Å². The topological polar surface area (TPSA) is 21.3 Å². The van der Waals surface area contributed by atoms with Gasteiger partial charge in [0.2, 0.25) is 0 Å². The molecule has 2 rings (SSSR count). The van der Waals surface area contributed by atoms with Gasteiger partial charge in [-0.2, -0.15) is 0 Å². The van der Waals surface area contributed by atoms with Crippen molar-refractivity contribution in [3.63, 3.8) is 0 Å². The molecule has 0 aromatic heterocycles. The first-order chi connectivity index (χ1) is 9.52. The minimum atomic E-state index is -0.316. The summed E-state index contributed by atoms with van der Waals surface area (Å²) in [5, 5.41) is 3.15. The van der Waals surface area contributed by atoms with E-state index in [2.05, 4.69) is 21.2 Å². The van der Waals surface area contributed by atoms with Crippen molar-refractivity contribution in [2.75, 3.05) is 12.4 Å². The minimum absolute atomic E-state index is 0.316. The van der Waals surface area contributed by atoms with E-state index in [0.29, 0.717) is 16.8 Å². The van der Waals surface area contributed by atoms with Gasteiger partial charge in [-0.15, -0.1) is 0 Å². The highest BCUT2D eigenvalue weighted by Gasteiger charge is 2.09. The molecular weight excluding hydrogens is 321 g/mol. The van der Waals surface area contributed by atoms with Gasteiger partial charge in [-0.25, -0.2) is 4.39 Å². The molecule has 0 saturated heterocycles. The van der Waals surface area contributed by atoms with E-state index in [1.54, 1.807) is 6.07 Å². The number of aryl methyl sites for hydroxylation is 2. The molecule has 0 radical (unpaired) electrons. The Labute approximate surface area is 127 Å². The van der Waals surface area contributed by atoms with Crippen molar-refractivity contribution < 1.29 is 9.13 Å². The third-order valence-electron chi connectivity index (χ3n) is 3.27. The molecule has 0 saturated carbocycles. The number of anilines is 1. The summed E-state index contributed by atoms with van der Waals surface area (Å²) in [6, 6.07) is 9.17. The molecule has 0 aliphatic heterocycles. The largest absolute Gasteiger partial charge is 0.488 e. The maximum Gasteiger partial charge on any atom is 0.141 e. The predicted molar refractivity (Wildman–Crippen MR) is 83.9 cm³/mol. The van der Waals surface area contributed by atoms with Gasteiger partial charge in [0, 0.05) is 24.4 Å². The average Bonchev–Trinajstić information content (AvgIpc) is 2.42. The third kappa shape index (κ3) is 3.12. The summed E-state index contributed by atoms with van der Waals surface area (Å²) in [6.45, 7) is 4.34. The van der Waals surface area contributed by atoms with Gasteiger partial charge in [0.25, 0.3) is 0 Å². The molecule has 0 fully saturated rings. The second kappa shape index (κ2) is 6.27. The van der Waals surface area contributed by atoms with E-state index >= 15 is 0 Å². The van der Waals surface area contributed by atoms with Gasteiger partial charge in [-0.05, 0) is 53.0 Å². The Morgan fingerprint density at radius 2 is 1.95 bits per heavy atom. The molecule has 106 valence electrons. The standard InChI is InChI=1S/C16H17BrFNO/c1-10-5-4-6-15(19-3)12(10)9-20-16-8-14(18)13(17)7-11(16)2/h4-8,19H,9H2,1-3H3. The number of nitrogens with one attached hydrogen (secondary N) is 1. The van der Waals surface area contributed by atoms with Crippen LogP contribution in [0.4, 0.5) is 10.1 Å². The zero-order valence-corrected chi connectivity index (χ0v) is 13.3. The van der Waals surface area contributed by atoms with E-state index in [1.165, 1.54) is 6.07 Å². The second-order valence-electron chi connectivity index (χ2n) is 4.67. The van der Waals surface area contributed by atoms with Crippen molar-refractivity contribution in [1.82, 2.24) is 0 Å². The number of hydrogen-bond acceptors (Lipinski definition) is 2. The lowest BCUT2D eigenvalue weighted by molar-refractivity contribution is 0.302. The second-order valence-corrected chi connectivity index (χ2v) is 5.53. The predicted octanol–water partition coefficient (Wildman–Crippen LogP) is 4.83. The number of ether oxygens (including phenoxy) is 1. The number of rotatable bonds is 4. The van der Waals surface area contributed by atoms with E-state index in [1.807, 2.05) is 39.1 Å². The minimum Gasteiger partial charge on any atom is -0.488 e. The molecule has 4 heteroatoms. The van der Waals surface area contributed by atoms with Crippen molar-refractivity contribution >= 4 is 21.6 Å². The number of hydrogen-bond donors (Lipinski definition) is 1. The summed E-state index contributed by atoms with van der Waals surface area (Å²) in [4.78, 5) is 0. The highest BCUT2D eigenvalue weighted by atomic mass is 79.9. The Morgan fingerprint density at radius 1 is 1.20 bits per heavy atom. The average molecular weight is 338 g/mol. The van der Waals surface area contributed by atoms with Crippen LogP contribution in [0.2, 0.25) is 0 Å². The van der Waals surface area contributed by atoms with E-state index in [-0.39, 0.29) is 5.82 Å². The van der Waals surface area contributed by atoms with E-state index in [0.717, 1.165) is 22.4 Å². The van der Waals surface area contributed by atoms with Gasteiger partial charge in [0.1, 0.15) is 18.2 Å². The van der Waals surface area contributed by atoms with Crippen molar-refractivity contribution in [2.45, 2.75) is 20.5 Å². The van der Waals surface area contributed by atoms with Crippen LogP contribution in [0.3, 0.4) is 0 Å². The van der Waals surface area contributed by atoms with E-state index < -0.39 is 0 Å².